The highest BCUT2D eigenvalue weighted by Gasteiger charge is 2.25. The number of para-hydroxylation sites is 1. The lowest BCUT2D eigenvalue weighted by Crippen LogP contribution is -2.30. The van der Waals surface area contributed by atoms with E-state index in [0.717, 1.165) is 21.9 Å². The predicted octanol–water partition coefficient (Wildman–Crippen LogP) is 3.84. The van der Waals surface area contributed by atoms with E-state index in [1.54, 1.807) is 18.2 Å². The van der Waals surface area contributed by atoms with Gasteiger partial charge in [0.25, 0.3) is 0 Å². The van der Waals surface area contributed by atoms with Crippen molar-refractivity contribution in [3.63, 3.8) is 0 Å². The topological polar surface area (TPSA) is 101 Å². The predicted molar refractivity (Wildman–Crippen MR) is 136 cm³/mol. The van der Waals surface area contributed by atoms with Gasteiger partial charge in [-0.15, -0.1) is 0 Å². The van der Waals surface area contributed by atoms with E-state index in [0.29, 0.717) is 62.0 Å². The first kappa shape index (κ1) is 23.5. The number of aliphatic hydroxyl groups is 1. The molecular formula is C26H28N2O6S. The van der Waals surface area contributed by atoms with E-state index in [1.165, 1.54) is 10.6 Å². The summed E-state index contributed by atoms with van der Waals surface area (Å²) < 4.78 is 43.2. The Bertz CT molecular complexity index is 1450. The molecule has 1 atom stereocenters. The second kappa shape index (κ2) is 9.77. The number of anilines is 1. The molecule has 2 heterocycles. The number of benzene rings is 3. The number of furan rings is 1. The fourth-order valence-electron chi connectivity index (χ4n) is 4.31. The monoisotopic (exact) mass is 496 g/mol. The zero-order chi connectivity index (χ0) is 24.4. The molecule has 0 saturated heterocycles. The van der Waals surface area contributed by atoms with Crippen molar-refractivity contribution in [1.82, 2.24) is 5.32 Å². The van der Waals surface area contributed by atoms with Crippen molar-refractivity contribution >= 4 is 37.6 Å². The summed E-state index contributed by atoms with van der Waals surface area (Å²) in [4.78, 5) is 0. The number of rotatable bonds is 8. The SMILES string of the molecule is CS(=O)(=O)N1CCCOc2ccc(C(O)CNCCOc3ccc4c(c3)oc3ccccc34)cc21. The summed E-state index contributed by atoms with van der Waals surface area (Å²) in [6, 6.07) is 18.9. The second-order valence-electron chi connectivity index (χ2n) is 8.59. The Labute approximate surface area is 204 Å². The van der Waals surface area contributed by atoms with Gasteiger partial charge in [0.2, 0.25) is 10.0 Å². The first-order chi connectivity index (χ1) is 16.9. The zero-order valence-corrected chi connectivity index (χ0v) is 20.3. The van der Waals surface area contributed by atoms with E-state index < -0.39 is 16.1 Å². The molecule has 184 valence electrons. The van der Waals surface area contributed by atoms with Crippen LogP contribution in [-0.4, -0.2) is 52.6 Å². The Morgan fingerprint density at radius 2 is 1.91 bits per heavy atom. The molecule has 35 heavy (non-hydrogen) atoms. The van der Waals surface area contributed by atoms with Gasteiger partial charge < -0.3 is 24.3 Å². The number of ether oxygens (including phenoxy) is 2. The van der Waals surface area contributed by atoms with Gasteiger partial charge in [0.05, 0.1) is 24.7 Å². The molecule has 1 aromatic heterocycles. The minimum atomic E-state index is -3.44. The summed E-state index contributed by atoms with van der Waals surface area (Å²) >= 11 is 0. The van der Waals surface area contributed by atoms with Crippen molar-refractivity contribution in [2.45, 2.75) is 12.5 Å². The standard InChI is InChI=1S/C26H28N2O6S/c1-35(30,31)28-12-4-13-33-25-10-7-18(15-22(25)28)23(29)17-27-11-14-32-19-8-9-21-20-5-2-3-6-24(20)34-26(21)16-19/h2-3,5-10,15-16,23,27,29H,4,11-14,17H2,1H3. The maximum Gasteiger partial charge on any atom is 0.232 e. The van der Waals surface area contributed by atoms with E-state index in [1.807, 2.05) is 42.5 Å². The molecule has 3 aromatic carbocycles. The van der Waals surface area contributed by atoms with Crippen LogP contribution in [-0.2, 0) is 10.0 Å². The molecule has 9 heteroatoms. The molecule has 0 bridgehead atoms. The van der Waals surface area contributed by atoms with Crippen LogP contribution in [0.15, 0.2) is 65.1 Å². The molecule has 8 nitrogen and oxygen atoms in total. The number of hydrogen-bond acceptors (Lipinski definition) is 7. The van der Waals surface area contributed by atoms with E-state index in [2.05, 4.69) is 5.32 Å². The molecular weight excluding hydrogens is 468 g/mol. The third-order valence-electron chi connectivity index (χ3n) is 6.04. The van der Waals surface area contributed by atoms with Crippen molar-refractivity contribution in [1.29, 1.82) is 0 Å². The molecule has 0 amide bonds. The molecule has 0 aliphatic carbocycles. The molecule has 0 saturated carbocycles. The average molecular weight is 497 g/mol. The third kappa shape index (κ3) is 5.07. The normalized spacial score (nSPS) is 15.0. The van der Waals surface area contributed by atoms with E-state index in [9.17, 15) is 13.5 Å². The van der Waals surface area contributed by atoms with E-state index in [-0.39, 0.29) is 0 Å². The van der Waals surface area contributed by atoms with Crippen LogP contribution in [0.3, 0.4) is 0 Å². The first-order valence-electron chi connectivity index (χ1n) is 11.6. The van der Waals surface area contributed by atoms with Crippen molar-refractivity contribution in [2.75, 3.05) is 43.4 Å². The Hall–Kier alpha value is -3.27. The van der Waals surface area contributed by atoms with Crippen LogP contribution in [0.1, 0.15) is 18.1 Å². The van der Waals surface area contributed by atoms with Gasteiger partial charge in [0.15, 0.2) is 0 Å². The van der Waals surface area contributed by atoms with E-state index >= 15 is 0 Å². The second-order valence-corrected chi connectivity index (χ2v) is 10.5. The van der Waals surface area contributed by atoms with Gasteiger partial charge in [-0.2, -0.15) is 0 Å². The van der Waals surface area contributed by atoms with Gasteiger partial charge in [0, 0.05) is 42.9 Å². The van der Waals surface area contributed by atoms with Gasteiger partial charge in [-0.1, -0.05) is 24.3 Å². The molecule has 4 aromatic rings. The minimum Gasteiger partial charge on any atom is -0.492 e. The maximum atomic E-state index is 12.2. The van der Waals surface area contributed by atoms with Crippen molar-refractivity contribution in [2.24, 2.45) is 0 Å². The summed E-state index contributed by atoms with van der Waals surface area (Å²) in [6.45, 7) is 2.04. The summed E-state index contributed by atoms with van der Waals surface area (Å²) in [5.41, 5.74) is 2.71. The summed E-state index contributed by atoms with van der Waals surface area (Å²) in [5, 5.41) is 16.0. The summed E-state index contributed by atoms with van der Waals surface area (Å²) in [6.07, 6.45) is 0.972. The fraction of sp³-hybridized carbons (Fsp3) is 0.308. The number of nitrogens with one attached hydrogen (secondary N) is 1. The van der Waals surface area contributed by atoms with Gasteiger partial charge in [-0.05, 0) is 35.9 Å². The van der Waals surface area contributed by atoms with Crippen LogP contribution in [0.25, 0.3) is 21.9 Å². The molecule has 0 spiro atoms. The maximum absolute atomic E-state index is 12.2. The van der Waals surface area contributed by atoms with Crippen LogP contribution >= 0.6 is 0 Å². The van der Waals surface area contributed by atoms with Crippen molar-refractivity contribution in [3.05, 3.63) is 66.2 Å². The van der Waals surface area contributed by atoms with Gasteiger partial charge in [-0.25, -0.2) is 8.42 Å². The van der Waals surface area contributed by atoms with Crippen LogP contribution in [0, 0.1) is 0 Å². The van der Waals surface area contributed by atoms with Crippen molar-refractivity contribution in [3.8, 4) is 11.5 Å². The third-order valence-corrected chi connectivity index (χ3v) is 7.22. The van der Waals surface area contributed by atoms with Crippen LogP contribution < -0.4 is 19.1 Å². The van der Waals surface area contributed by atoms with E-state index in [4.69, 9.17) is 13.9 Å². The highest BCUT2D eigenvalue weighted by atomic mass is 32.2. The smallest absolute Gasteiger partial charge is 0.232 e. The number of nitrogens with zero attached hydrogens (tertiary/aromatic N) is 1. The number of hydrogen-bond donors (Lipinski definition) is 2. The van der Waals surface area contributed by atoms with Gasteiger partial charge in [-0.3, -0.25) is 4.31 Å². The first-order valence-corrected chi connectivity index (χ1v) is 13.4. The van der Waals surface area contributed by atoms with Crippen LogP contribution in [0.4, 0.5) is 5.69 Å². The number of fused-ring (bicyclic) bond motifs is 4. The molecule has 2 N–H and O–H groups in total. The lowest BCUT2D eigenvalue weighted by molar-refractivity contribution is 0.172. The number of aliphatic hydroxyl groups excluding tert-OH is 1. The molecule has 1 aliphatic heterocycles. The molecule has 5 rings (SSSR count). The summed E-state index contributed by atoms with van der Waals surface area (Å²) in [7, 11) is -3.44. The highest BCUT2D eigenvalue weighted by molar-refractivity contribution is 7.92. The van der Waals surface area contributed by atoms with Crippen LogP contribution in [0.2, 0.25) is 0 Å². The Kier molecular flexibility index (Phi) is 6.55. The number of sulfonamides is 1. The van der Waals surface area contributed by atoms with Gasteiger partial charge in [0.1, 0.15) is 29.3 Å². The Morgan fingerprint density at radius 1 is 1.09 bits per heavy atom. The van der Waals surface area contributed by atoms with Crippen LogP contribution in [0.5, 0.6) is 11.5 Å². The Morgan fingerprint density at radius 3 is 2.77 bits per heavy atom. The molecule has 1 aliphatic rings. The quantitative estimate of drug-likeness (QED) is 0.358. The van der Waals surface area contributed by atoms with Gasteiger partial charge >= 0.3 is 0 Å². The zero-order valence-electron chi connectivity index (χ0n) is 19.4. The lowest BCUT2D eigenvalue weighted by atomic mass is 10.1. The lowest BCUT2D eigenvalue weighted by Gasteiger charge is -2.23. The van der Waals surface area contributed by atoms with Crippen molar-refractivity contribution < 1.29 is 27.4 Å². The Balaban J connectivity index is 1.17. The molecule has 0 fully saturated rings. The molecule has 0 radical (unpaired) electrons. The average Bonchev–Trinajstić information content (AvgIpc) is 3.05. The molecule has 1 unspecified atom stereocenters. The summed E-state index contributed by atoms with van der Waals surface area (Å²) in [5.74, 6) is 1.22. The highest BCUT2D eigenvalue weighted by Crippen LogP contribution is 2.35. The minimum absolute atomic E-state index is 0.296. The largest absolute Gasteiger partial charge is 0.492 e. The fourth-order valence-corrected chi connectivity index (χ4v) is 5.27.